The van der Waals surface area contributed by atoms with Crippen molar-refractivity contribution in [2.45, 2.75) is 20.1 Å². The number of nitrogens with two attached hydrogens (primary N) is 1. The summed E-state index contributed by atoms with van der Waals surface area (Å²) in [5.74, 6) is 0.576. The zero-order valence-corrected chi connectivity index (χ0v) is 11.7. The number of rotatable bonds is 4. The summed E-state index contributed by atoms with van der Waals surface area (Å²) in [6.45, 7) is 2.22. The molecule has 0 spiro atoms. The Balaban J connectivity index is 1.93. The third kappa shape index (κ3) is 2.50. The molecule has 2 aromatic carbocycles. The first-order chi connectivity index (χ1) is 10.2. The normalized spacial score (nSPS) is 11.0. The highest BCUT2D eigenvalue weighted by Crippen LogP contribution is 2.28. The molecule has 0 aliphatic heterocycles. The highest BCUT2D eigenvalue weighted by Gasteiger charge is 2.14. The number of fused-ring (bicyclic) bond motifs is 1. The molecule has 0 aliphatic rings. The molecule has 21 heavy (non-hydrogen) atoms. The first kappa shape index (κ1) is 13.6. The summed E-state index contributed by atoms with van der Waals surface area (Å²) >= 11 is 0. The van der Waals surface area contributed by atoms with Gasteiger partial charge in [-0.3, -0.25) is 0 Å². The van der Waals surface area contributed by atoms with Gasteiger partial charge < -0.3 is 14.9 Å². The smallest absolute Gasteiger partial charge is 0.167 e. The molecule has 4 heteroatoms. The van der Waals surface area contributed by atoms with E-state index in [-0.39, 0.29) is 24.7 Å². The van der Waals surface area contributed by atoms with Crippen molar-refractivity contribution in [3.63, 3.8) is 0 Å². The zero-order valence-electron chi connectivity index (χ0n) is 11.7. The number of aryl methyl sites for hydroxylation is 1. The maximum absolute atomic E-state index is 14.0. The maximum Gasteiger partial charge on any atom is 0.167 e. The van der Waals surface area contributed by atoms with Crippen LogP contribution in [0, 0.1) is 12.7 Å². The van der Waals surface area contributed by atoms with Crippen molar-refractivity contribution >= 4 is 11.0 Å². The predicted molar refractivity (Wildman–Crippen MR) is 79.6 cm³/mol. The second-order valence-electron chi connectivity index (χ2n) is 4.88. The fourth-order valence-electron chi connectivity index (χ4n) is 2.35. The van der Waals surface area contributed by atoms with Crippen LogP contribution in [-0.2, 0) is 13.2 Å². The van der Waals surface area contributed by atoms with Gasteiger partial charge in [-0.1, -0.05) is 30.3 Å². The van der Waals surface area contributed by atoms with Crippen LogP contribution in [0.4, 0.5) is 4.39 Å². The van der Waals surface area contributed by atoms with Crippen LogP contribution >= 0.6 is 0 Å². The molecule has 108 valence electrons. The summed E-state index contributed by atoms with van der Waals surface area (Å²) in [6.07, 6.45) is 0. The molecule has 3 rings (SSSR count). The summed E-state index contributed by atoms with van der Waals surface area (Å²) in [4.78, 5) is 0. The van der Waals surface area contributed by atoms with Crippen LogP contribution in [0.3, 0.4) is 0 Å². The monoisotopic (exact) mass is 285 g/mol. The van der Waals surface area contributed by atoms with E-state index in [1.807, 2.05) is 24.3 Å². The van der Waals surface area contributed by atoms with Crippen molar-refractivity contribution in [2.24, 2.45) is 5.73 Å². The van der Waals surface area contributed by atoms with Crippen LogP contribution in [0.15, 0.2) is 46.9 Å². The van der Waals surface area contributed by atoms with E-state index >= 15 is 0 Å². The van der Waals surface area contributed by atoms with E-state index in [9.17, 15) is 4.39 Å². The molecule has 0 saturated heterocycles. The summed E-state index contributed by atoms with van der Waals surface area (Å²) in [5.41, 5.74) is 7.91. The minimum absolute atomic E-state index is 0.226. The molecule has 0 radical (unpaired) electrons. The molecule has 0 aliphatic carbocycles. The van der Waals surface area contributed by atoms with Gasteiger partial charge >= 0.3 is 0 Å². The lowest BCUT2D eigenvalue weighted by Gasteiger charge is -2.08. The highest BCUT2D eigenvalue weighted by molar-refractivity contribution is 5.82. The Morgan fingerprint density at radius 2 is 1.95 bits per heavy atom. The van der Waals surface area contributed by atoms with Crippen molar-refractivity contribution in [2.75, 3.05) is 0 Å². The molecule has 1 aromatic heterocycles. The van der Waals surface area contributed by atoms with E-state index in [0.29, 0.717) is 11.3 Å². The molecule has 0 unspecified atom stereocenters. The average Bonchev–Trinajstić information content (AvgIpc) is 2.86. The molecule has 3 nitrogen and oxygen atoms in total. The van der Waals surface area contributed by atoms with Crippen LogP contribution in [0.5, 0.6) is 5.75 Å². The molecule has 0 amide bonds. The van der Waals surface area contributed by atoms with Crippen LogP contribution in [0.1, 0.15) is 16.9 Å². The van der Waals surface area contributed by atoms with Gasteiger partial charge in [0.1, 0.15) is 18.0 Å². The number of benzene rings is 2. The number of hydrogen-bond acceptors (Lipinski definition) is 3. The second kappa shape index (κ2) is 5.58. The van der Waals surface area contributed by atoms with Crippen molar-refractivity contribution in [1.29, 1.82) is 0 Å². The molecule has 0 atom stereocenters. The molecule has 3 aromatic rings. The molecular formula is C17H16FNO2. The van der Waals surface area contributed by atoms with Crippen molar-refractivity contribution in [1.82, 2.24) is 0 Å². The highest BCUT2D eigenvalue weighted by atomic mass is 19.1. The molecule has 0 bridgehead atoms. The molecule has 2 N–H and O–H groups in total. The van der Waals surface area contributed by atoms with Gasteiger partial charge in [-0.15, -0.1) is 0 Å². The third-order valence-electron chi connectivity index (χ3n) is 3.50. The minimum atomic E-state index is -0.334. The Hall–Kier alpha value is -2.33. The van der Waals surface area contributed by atoms with Gasteiger partial charge in [0.2, 0.25) is 0 Å². The van der Waals surface area contributed by atoms with Crippen molar-refractivity contribution in [3.05, 3.63) is 65.2 Å². The van der Waals surface area contributed by atoms with Gasteiger partial charge in [-0.2, -0.15) is 0 Å². The lowest BCUT2D eigenvalue weighted by molar-refractivity contribution is 0.287. The quantitative estimate of drug-likeness (QED) is 0.790. The topological polar surface area (TPSA) is 48.4 Å². The first-order valence-electron chi connectivity index (χ1n) is 6.78. The van der Waals surface area contributed by atoms with Gasteiger partial charge in [-0.25, -0.2) is 4.39 Å². The molecule has 0 fully saturated rings. The van der Waals surface area contributed by atoms with Crippen molar-refractivity contribution < 1.29 is 13.5 Å². The molecule has 0 saturated carbocycles. The van der Waals surface area contributed by atoms with Gasteiger partial charge in [0, 0.05) is 10.9 Å². The van der Waals surface area contributed by atoms with Gasteiger partial charge in [0.25, 0.3) is 0 Å². The lowest BCUT2D eigenvalue weighted by atomic mass is 10.1. The third-order valence-corrected chi connectivity index (χ3v) is 3.50. The standard InChI is InChI=1S/C17H16FNO2/c1-11-5-4-8-15(17(11)18)20-10-13-12-6-2-3-7-14(12)21-16(13)9-19/h2-8H,9-10,19H2,1H3. The Kier molecular flexibility index (Phi) is 3.62. The molecule has 1 heterocycles. The summed E-state index contributed by atoms with van der Waals surface area (Å²) in [5, 5.41) is 0.950. The van der Waals surface area contributed by atoms with Gasteiger partial charge in [-0.05, 0) is 24.6 Å². The van der Waals surface area contributed by atoms with E-state index in [1.165, 1.54) is 0 Å². The predicted octanol–water partition coefficient (Wildman–Crippen LogP) is 3.92. The summed E-state index contributed by atoms with van der Waals surface area (Å²) < 4.78 is 25.3. The average molecular weight is 285 g/mol. The number of halogens is 1. The number of furan rings is 1. The van der Waals surface area contributed by atoms with Gasteiger partial charge in [0.15, 0.2) is 11.6 Å². The van der Waals surface area contributed by atoms with Crippen LogP contribution < -0.4 is 10.5 Å². The largest absolute Gasteiger partial charge is 0.486 e. The Morgan fingerprint density at radius 3 is 2.76 bits per heavy atom. The number of hydrogen-bond donors (Lipinski definition) is 1. The van der Waals surface area contributed by atoms with E-state index in [0.717, 1.165) is 16.5 Å². The number of para-hydroxylation sites is 1. The fraction of sp³-hybridized carbons (Fsp3) is 0.176. The Bertz CT molecular complexity index is 780. The maximum atomic E-state index is 14.0. The van der Waals surface area contributed by atoms with Gasteiger partial charge in [0.05, 0.1) is 6.54 Å². The first-order valence-corrected chi connectivity index (χ1v) is 6.78. The van der Waals surface area contributed by atoms with E-state index < -0.39 is 0 Å². The number of ether oxygens (including phenoxy) is 1. The summed E-state index contributed by atoms with van der Waals surface area (Å²) in [6, 6.07) is 12.7. The van der Waals surface area contributed by atoms with E-state index in [4.69, 9.17) is 14.9 Å². The van der Waals surface area contributed by atoms with E-state index in [1.54, 1.807) is 25.1 Å². The molecular weight excluding hydrogens is 269 g/mol. The van der Waals surface area contributed by atoms with Crippen LogP contribution in [0.25, 0.3) is 11.0 Å². The minimum Gasteiger partial charge on any atom is -0.486 e. The Labute approximate surface area is 122 Å². The van der Waals surface area contributed by atoms with Crippen LogP contribution in [-0.4, -0.2) is 0 Å². The lowest BCUT2D eigenvalue weighted by Crippen LogP contribution is -2.03. The van der Waals surface area contributed by atoms with Crippen LogP contribution in [0.2, 0.25) is 0 Å². The SMILES string of the molecule is Cc1cccc(OCc2c(CN)oc3ccccc23)c1F. The summed E-state index contributed by atoms with van der Waals surface area (Å²) in [7, 11) is 0. The fourth-order valence-corrected chi connectivity index (χ4v) is 2.35. The zero-order chi connectivity index (χ0) is 14.8. The van der Waals surface area contributed by atoms with Crippen molar-refractivity contribution in [3.8, 4) is 5.75 Å². The van der Waals surface area contributed by atoms with E-state index in [2.05, 4.69) is 0 Å². The second-order valence-corrected chi connectivity index (χ2v) is 4.88. The Morgan fingerprint density at radius 1 is 1.14 bits per heavy atom.